The van der Waals surface area contributed by atoms with Crippen LogP contribution < -0.4 is 0 Å². The number of aromatic nitrogens is 2. The Morgan fingerprint density at radius 2 is 2.00 bits per heavy atom. The molecule has 0 aliphatic carbocycles. The summed E-state index contributed by atoms with van der Waals surface area (Å²) >= 11 is 0. The van der Waals surface area contributed by atoms with E-state index in [1.54, 1.807) is 6.20 Å². The van der Waals surface area contributed by atoms with Gasteiger partial charge in [-0.1, -0.05) is 36.4 Å². The van der Waals surface area contributed by atoms with Crippen LogP contribution in [0.1, 0.15) is 39.3 Å². The predicted octanol–water partition coefficient (Wildman–Crippen LogP) is 3.36. The van der Waals surface area contributed by atoms with Crippen LogP contribution in [0.5, 0.6) is 0 Å². The molecule has 1 aromatic heterocycles. The molecule has 1 saturated heterocycles. The summed E-state index contributed by atoms with van der Waals surface area (Å²) in [5, 5.41) is 17.8. The number of carbonyl (C=O) groups excluding carboxylic acids is 1. The molecule has 2 aromatic carbocycles. The number of ketones is 1. The van der Waals surface area contributed by atoms with E-state index < -0.39 is 5.97 Å². The van der Waals surface area contributed by atoms with E-state index >= 15 is 0 Å². The minimum Gasteiger partial charge on any atom is -0.477 e. The van der Waals surface area contributed by atoms with Gasteiger partial charge in [-0.2, -0.15) is 5.10 Å². The average molecular weight is 363 g/mol. The van der Waals surface area contributed by atoms with Gasteiger partial charge in [0, 0.05) is 30.1 Å². The van der Waals surface area contributed by atoms with Crippen LogP contribution in [0.25, 0.3) is 10.8 Å². The fraction of sp³-hybridized carbons (Fsp3) is 0.286. The maximum atomic E-state index is 13.0. The van der Waals surface area contributed by atoms with Crippen molar-refractivity contribution in [2.45, 2.75) is 19.4 Å². The molecule has 1 atom stereocenters. The summed E-state index contributed by atoms with van der Waals surface area (Å²) in [5.41, 5.74) is 1.52. The lowest BCUT2D eigenvalue weighted by Crippen LogP contribution is -2.38. The summed E-state index contributed by atoms with van der Waals surface area (Å²) in [6, 6.07) is 13.9. The number of hydrogen-bond acceptors (Lipinski definition) is 4. The summed E-state index contributed by atoms with van der Waals surface area (Å²) in [6.45, 7) is 1.97. The summed E-state index contributed by atoms with van der Waals surface area (Å²) in [4.78, 5) is 26.4. The predicted molar refractivity (Wildman–Crippen MR) is 102 cm³/mol. The number of piperidine rings is 1. The van der Waals surface area contributed by atoms with Crippen molar-refractivity contribution in [3.63, 3.8) is 0 Å². The Bertz CT molecular complexity index is 995. The lowest BCUT2D eigenvalue weighted by molar-refractivity contribution is 0.0683. The lowest BCUT2D eigenvalue weighted by Gasteiger charge is -2.31. The number of hydrogen-bond donors (Lipinski definition) is 2. The molecular formula is C21H21N3O3. The molecule has 1 fully saturated rings. The maximum absolute atomic E-state index is 13.0. The zero-order valence-electron chi connectivity index (χ0n) is 14.9. The Kier molecular flexibility index (Phi) is 4.73. The molecule has 0 saturated carbocycles. The standard InChI is InChI=1S/C21H21N3O3/c25-20(16-8-7-14-4-1-2-5-15(14)10-16)17-6-3-9-24(12-17)13-18-11-22-23-19(18)21(26)27/h1-2,4-5,7-8,10-11,17H,3,6,9,12-13H2,(H,22,23)(H,26,27)/t17-/m0/s1. The van der Waals surface area contributed by atoms with E-state index in [-0.39, 0.29) is 17.4 Å². The molecule has 2 heterocycles. The average Bonchev–Trinajstić information content (AvgIpc) is 3.15. The first-order valence-electron chi connectivity index (χ1n) is 9.13. The van der Waals surface area contributed by atoms with Crippen molar-refractivity contribution in [3.05, 3.63) is 65.5 Å². The van der Waals surface area contributed by atoms with Gasteiger partial charge in [-0.25, -0.2) is 4.79 Å². The van der Waals surface area contributed by atoms with Gasteiger partial charge >= 0.3 is 5.97 Å². The molecule has 6 nitrogen and oxygen atoms in total. The molecule has 3 aromatic rings. The van der Waals surface area contributed by atoms with E-state index in [4.69, 9.17) is 0 Å². The van der Waals surface area contributed by atoms with Gasteiger partial charge in [-0.3, -0.25) is 14.8 Å². The van der Waals surface area contributed by atoms with E-state index in [2.05, 4.69) is 15.1 Å². The van der Waals surface area contributed by atoms with E-state index in [1.807, 2.05) is 42.5 Å². The molecule has 2 N–H and O–H groups in total. The number of rotatable bonds is 5. The fourth-order valence-corrected chi connectivity index (χ4v) is 3.85. The molecule has 0 unspecified atom stereocenters. The van der Waals surface area contributed by atoms with Crippen LogP contribution in [-0.2, 0) is 6.54 Å². The van der Waals surface area contributed by atoms with Crippen molar-refractivity contribution >= 4 is 22.5 Å². The second-order valence-corrected chi connectivity index (χ2v) is 7.08. The monoisotopic (exact) mass is 363 g/mol. The van der Waals surface area contributed by atoms with Gasteiger partial charge in [-0.05, 0) is 36.2 Å². The van der Waals surface area contributed by atoms with Crippen molar-refractivity contribution in [2.24, 2.45) is 5.92 Å². The van der Waals surface area contributed by atoms with Crippen molar-refractivity contribution < 1.29 is 14.7 Å². The molecule has 138 valence electrons. The van der Waals surface area contributed by atoms with Gasteiger partial charge in [0.2, 0.25) is 0 Å². The number of aromatic carboxylic acids is 1. The number of likely N-dealkylation sites (tertiary alicyclic amines) is 1. The Morgan fingerprint density at radius 1 is 1.19 bits per heavy atom. The van der Waals surface area contributed by atoms with E-state index in [1.165, 1.54) is 0 Å². The van der Waals surface area contributed by atoms with E-state index in [0.29, 0.717) is 18.7 Å². The van der Waals surface area contributed by atoms with E-state index in [0.717, 1.165) is 35.7 Å². The summed E-state index contributed by atoms with van der Waals surface area (Å²) in [7, 11) is 0. The van der Waals surface area contributed by atoms with Crippen molar-refractivity contribution in [1.82, 2.24) is 15.1 Å². The van der Waals surface area contributed by atoms with Crippen LogP contribution in [0, 0.1) is 5.92 Å². The van der Waals surface area contributed by atoms with Gasteiger partial charge in [0.25, 0.3) is 0 Å². The summed E-state index contributed by atoms with van der Waals surface area (Å²) in [6.07, 6.45) is 3.34. The second kappa shape index (κ2) is 7.32. The van der Waals surface area contributed by atoms with Gasteiger partial charge in [0.1, 0.15) is 5.69 Å². The third kappa shape index (κ3) is 3.61. The number of Topliss-reactive ketones (excluding diaryl/α,β-unsaturated/α-hetero) is 1. The van der Waals surface area contributed by atoms with Gasteiger partial charge < -0.3 is 5.11 Å². The minimum atomic E-state index is -1.01. The highest BCUT2D eigenvalue weighted by molar-refractivity contribution is 6.01. The van der Waals surface area contributed by atoms with Gasteiger partial charge in [-0.15, -0.1) is 0 Å². The number of aromatic amines is 1. The number of fused-ring (bicyclic) bond motifs is 1. The number of carboxylic acids is 1. The zero-order valence-corrected chi connectivity index (χ0v) is 14.9. The topological polar surface area (TPSA) is 86.3 Å². The first-order valence-corrected chi connectivity index (χ1v) is 9.13. The Morgan fingerprint density at radius 3 is 2.81 bits per heavy atom. The fourth-order valence-electron chi connectivity index (χ4n) is 3.85. The van der Waals surface area contributed by atoms with E-state index in [9.17, 15) is 14.7 Å². The molecule has 0 amide bonds. The molecule has 0 spiro atoms. The lowest BCUT2D eigenvalue weighted by atomic mass is 9.89. The maximum Gasteiger partial charge on any atom is 0.354 e. The normalized spacial score (nSPS) is 17.9. The summed E-state index contributed by atoms with van der Waals surface area (Å²) in [5.74, 6) is -0.917. The number of nitrogens with one attached hydrogen (secondary N) is 1. The van der Waals surface area contributed by atoms with Crippen LogP contribution in [0.3, 0.4) is 0 Å². The second-order valence-electron chi connectivity index (χ2n) is 7.08. The Labute approximate surface area is 156 Å². The Hall–Kier alpha value is -2.99. The zero-order chi connectivity index (χ0) is 18.8. The summed E-state index contributed by atoms with van der Waals surface area (Å²) < 4.78 is 0. The molecule has 1 aliphatic heterocycles. The molecule has 1 aliphatic rings. The highest BCUT2D eigenvalue weighted by Crippen LogP contribution is 2.24. The first-order chi connectivity index (χ1) is 13.1. The van der Waals surface area contributed by atoms with Gasteiger partial charge in [0.15, 0.2) is 5.78 Å². The first kappa shape index (κ1) is 17.4. The van der Waals surface area contributed by atoms with Crippen LogP contribution in [0.4, 0.5) is 0 Å². The number of carbonyl (C=O) groups is 2. The molecule has 6 heteroatoms. The van der Waals surface area contributed by atoms with Gasteiger partial charge in [0.05, 0.1) is 6.20 Å². The highest BCUT2D eigenvalue weighted by atomic mass is 16.4. The third-order valence-electron chi connectivity index (χ3n) is 5.24. The van der Waals surface area contributed by atoms with Crippen molar-refractivity contribution in [3.8, 4) is 0 Å². The van der Waals surface area contributed by atoms with Crippen LogP contribution >= 0.6 is 0 Å². The van der Waals surface area contributed by atoms with Crippen LogP contribution in [0.2, 0.25) is 0 Å². The van der Waals surface area contributed by atoms with Crippen LogP contribution in [0.15, 0.2) is 48.7 Å². The molecule has 27 heavy (non-hydrogen) atoms. The minimum absolute atomic E-state index is 0.0694. The number of H-pyrrole nitrogens is 1. The molecular weight excluding hydrogens is 342 g/mol. The van der Waals surface area contributed by atoms with Crippen molar-refractivity contribution in [1.29, 1.82) is 0 Å². The number of carboxylic acid groups (broad SMARTS) is 1. The number of nitrogens with zero attached hydrogens (tertiary/aromatic N) is 2. The molecule has 0 radical (unpaired) electrons. The largest absolute Gasteiger partial charge is 0.477 e. The van der Waals surface area contributed by atoms with Crippen LogP contribution in [-0.4, -0.2) is 45.0 Å². The van der Waals surface area contributed by atoms with Crippen molar-refractivity contribution in [2.75, 3.05) is 13.1 Å². The Balaban J connectivity index is 1.49. The molecule has 0 bridgehead atoms. The smallest absolute Gasteiger partial charge is 0.354 e. The number of benzene rings is 2. The molecule has 4 rings (SSSR count). The SMILES string of the molecule is O=C(O)c1[nH]ncc1CN1CCC[C@H](C(=O)c2ccc3ccccc3c2)C1. The highest BCUT2D eigenvalue weighted by Gasteiger charge is 2.27. The third-order valence-corrected chi connectivity index (χ3v) is 5.24. The quantitative estimate of drug-likeness (QED) is 0.679.